The Hall–Kier alpha value is -2.06. The summed E-state index contributed by atoms with van der Waals surface area (Å²) in [5.74, 6) is 1.37. The van der Waals surface area contributed by atoms with Crippen molar-refractivity contribution in [2.24, 2.45) is 0 Å². The van der Waals surface area contributed by atoms with Crippen LogP contribution in [-0.2, 0) is 10.0 Å². The minimum atomic E-state index is -3.59. The quantitative estimate of drug-likeness (QED) is 0.824. The van der Waals surface area contributed by atoms with Gasteiger partial charge in [0.2, 0.25) is 5.09 Å². The lowest BCUT2D eigenvalue weighted by atomic mass is 10.3. The molecule has 2 aromatic heterocycles. The molecule has 1 atom stereocenters. The Morgan fingerprint density at radius 1 is 1.35 bits per heavy atom. The number of sulfonamides is 1. The summed E-state index contributed by atoms with van der Waals surface area (Å²) in [4.78, 5) is 6.15. The predicted molar refractivity (Wildman–Crippen MR) is 85.1 cm³/mol. The minimum absolute atomic E-state index is 0.0338. The highest BCUT2D eigenvalue weighted by Crippen LogP contribution is 2.28. The maximum atomic E-state index is 12.4. The molecule has 0 bridgehead atoms. The molecule has 1 fully saturated rings. The second-order valence-electron chi connectivity index (χ2n) is 5.54. The van der Waals surface area contributed by atoms with Crippen molar-refractivity contribution >= 4 is 15.8 Å². The van der Waals surface area contributed by atoms with Crippen molar-refractivity contribution in [3.63, 3.8) is 0 Å². The first-order valence-corrected chi connectivity index (χ1v) is 8.75. The molecular formula is C15H19N3O4S. The van der Waals surface area contributed by atoms with Crippen LogP contribution in [0.15, 0.2) is 46.2 Å². The van der Waals surface area contributed by atoms with E-state index < -0.39 is 10.0 Å². The van der Waals surface area contributed by atoms with Gasteiger partial charge in [-0.2, -0.15) is 4.31 Å². The summed E-state index contributed by atoms with van der Waals surface area (Å²) < 4.78 is 37.2. The van der Waals surface area contributed by atoms with Gasteiger partial charge in [-0.15, -0.1) is 0 Å². The molecule has 7 nitrogen and oxygen atoms in total. The zero-order chi connectivity index (χ0) is 16.4. The van der Waals surface area contributed by atoms with Crippen LogP contribution in [0.25, 0.3) is 0 Å². The Labute approximate surface area is 135 Å². The molecule has 8 heteroatoms. The Balaban J connectivity index is 1.72. The van der Waals surface area contributed by atoms with Crippen LogP contribution in [0.3, 0.4) is 0 Å². The smallest absolute Gasteiger partial charge is 0.276 e. The number of rotatable bonds is 5. The van der Waals surface area contributed by atoms with E-state index in [9.17, 15) is 8.42 Å². The van der Waals surface area contributed by atoms with Crippen molar-refractivity contribution < 1.29 is 17.6 Å². The van der Waals surface area contributed by atoms with E-state index in [0.29, 0.717) is 25.3 Å². The van der Waals surface area contributed by atoms with E-state index in [-0.39, 0.29) is 11.2 Å². The highest BCUT2D eigenvalue weighted by Gasteiger charge is 2.35. The van der Waals surface area contributed by atoms with E-state index >= 15 is 0 Å². The normalized spacial score (nSPS) is 19.0. The van der Waals surface area contributed by atoms with E-state index in [4.69, 9.17) is 9.15 Å². The molecule has 0 N–H and O–H groups in total. The highest BCUT2D eigenvalue weighted by atomic mass is 32.2. The number of ether oxygens (including phenoxy) is 1. The standard InChI is InChI=1S/C15H19N3O4S/c1-17(2)15-13(5-3-8-16-15)22-12-7-9-18(11-12)23(19,20)14-6-4-10-21-14/h3-6,8,10,12H,7,9,11H2,1-2H3. The molecule has 2 aromatic rings. The van der Waals surface area contributed by atoms with Gasteiger partial charge in [-0.05, 0) is 30.7 Å². The first kappa shape index (κ1) is 15.8. The molecule has 1 unspecified atom stereocenters. The van der Waals surface area contributed by atoms with Crippen LogP contribution in [0.1, 0.15) is 6.42 Å². The summed E-state index contributed by atoms with van der Waals surface area (Å²) in [6, 6.07) is 6.66. The van der Waals surface area contributed by atoms with Crippen molar-refractivity contribution in [2.45, 2.75) is 17.6 Å². The Morgan fingerprint density at radius 3 is 2.87 bits per heavy atom. The summed E-state index contributed by atoms with van der Waals surface area (Å²) >= 11 is 0. The fourth-order valence-corrected chi connectivity index (χ4v) is 3.93. The van der Waals surface area contributed by atoms with Crippen LogP contribution in [0.4, 0.5) is 5.82 Å². The van der Waals surface area contributed by atoms with Crippen LogP contribution >= 0.6 is 0 Å². The van der Waals surface area contributed by atoms with Crippen molar-refractivity contribution in [1.29, 1.82) is 0 Å². The molecule has 1 aliphatic rings. The van der Waals surface area contributed by atoms with Gasteiger partial charge in [0.25, 0.3) is 10.0 Å². The zero-order valence-corrected chi connectivity index (χ0v) is 13.9. The molecule has 1 aliphatic heterocycles. The monoisotopic (exact) mass is 337 g/mol. The molecule has 0 radical (unpaired) electrons. The molecule has 3 rings (SSSR count). The molecule has 3 heterocycles. The van der Waals surface area contributed by atoms with Crippen molar-refractivity contribution in [3.05, 3.63) is 36.7 Å². The lowest BCUT2D eigenvalue weighted by molar-refractivity contribution is 0.215. The summed E-state index contributed by atoms with van der Waals surface area (Å²) in [5, 5.41) is -0.0338. The number of nitrogens with zero attached hydrogens (tertiary/aromatic N) is 3. The van der Waals surface area contributed by atoms with Gasteiger partial charge in [0.05, 0.1) is 12.8 Å². The van der Waals surface area contributed by atoms with E-state index in [1.165, 1.54) is 16.6 Å². The van der Waals surface area contributed by atoms with Gasteiger partial charge in [-0.3, -0.25) is 0 Å². The maximum absolute atomic E-state index is 12.4. The number of aromatic nitrogens is 1. The number of pyridine rings is 1. The van der Waals surface area contributed by atoms with E-state index in [2.05, 4.69) is 4.98 Å². The molecule has 0 saturated carbocycles. The number of anilines is 1. The largest absolute Gasteiger partial charge is 0.485 e. The van der Waals surface area contributed by atoms with Gasteiger partial charge in [0.15, 0.2) is 11.6 Å². The lowest BCUT2D eigenvalue weighted by Gasteiger charge is -2.20. The first-order chi connectivity index (χ1) is 11.0. The third-order valence-corrected chi connectivity index (χ3v) is 5.42. The van der Waals surface area contributed by atoms with Gasteiger partial charge in [-0.1, -0.05) is 0 Å². The third kappa shape index (κ3) is 3.18. The van der Waals surface area contributed by atoms with Crippen LogP contribution < -0.4 is 9.64 Å². The average molecular weight is 337 g/mol. The molecular weight excluding hydrogens is 318 g/mol. The van der Waals surface area contributed by atoms with E-state index in [1.807, 2.05) is 25.1 Å². The Kier molecular flexibility index (Phi) is 4.27. The van der Waals surface area contributed by atoms with E-state index in [1.54, 1.807) is 18.3 Å². The summed E-state index contributed by atoms with van der Waals surface area (Å²) in [6.07, 6.45) is 3.48. The fraction of sp³-hybridized carbons (Fsp3) is 0.400. The van der Waals surface area contributed by atoms with Crippen molar-refractivity contribution in [3.8, 4) is 5.75 Å². The zero-order valence-electron chi connectivity index (χ0n) is 13.0. The fourth-order valence-electron chi connectivity index (χ4n) is 2.54. The minimum Gasteiger partial charge on any atom is -0.485 e. The molecule has 23 heavy (non-hydrogen) atoms. The second kappa shape index (κ2) is 6.21. The molecule has 0 spiro atoms. The molecule has 1 saturated heterocycles. The van der Waals surface area contributed by atoms with Gasteiger partial charge >= 0.3 is 0 Å². The van der Waals surface area contributed by atoms with Gasteiger partial charge in [-0.25, -0.2) is 13.4 Å². The first-order valence-electron chi connectivity index (χ1n) is 7.31. The maximum Gasteiger partial charge on any atom is 0.276 e. The van der Waals surface area contributed by atoms with Crippen molar-refractivity contribution in [1.82, 2.24) is 9.29 Å². The molecule has 0 amide bonds. The lowest BCUT2D eigenvalue weighted by Crippen LogP contribution is -2.31. The third-order valence-electron chi connectivity index (χ3n) is 3.67. The van der Waals surface area contributed by atoms with Gasteiger partial charge < -0.3 is 14.1 Å². The summed E-state index contributed by atoms with van der Waals surface area (Å²) in [5.41, 5.74) is 0. The second-order valence-corrected chi connectivity index (χ2v) is 7.41. The predicted octanol–water partition coefficient (Wildman–Crippen LogP) is 1.58. The number of hydrogen-bond donors (Lipinski definition) is 0. The highest BCUT2D eigenvalue weighted by molar-refractivity contribution is 7.89. The SMILES string of the molecule is CN(C)c1ncccc1OC1CCN(S(=O)(=O)c2ccco2)C1. The molecule has 0 aliphatic carbocycles. The Morgan fingerprint density at radius 2 is 2.17 bits per heavy atom. The number of hydrogen-bond acceptors (Lipinski definition) is 6. The van der Waals surface area contributed by atoms with Crippen LogP contribution in [-0.4, -0.2) is 51.0 Å². The number of furan rings is 1. The Bertz CT molecular complexity index is 759. The van der Waals surface area contributed by atoms with Gasteiger partial charge in [0, 0.05) is 26.8 Å². The van der Waals surface area contributed by atoms with Crippen molar-refractivity contribution in [2.75, 3.05) is 32.1 Å². The molecule has 124 valence electrons. The molecule has 0 aromatic carbocycles. The summed E-state index contributed by atoms with van der Waals surface area (Å²) in [6.45, 7) is 0.704. The van der Waals surface area contributed by atoms with Crippen LogP contribution in [0.5, 0.6) is 5.75 Å². The van der Waals surface area contributed by atoms with E-state index in [0.717, 1.165) is 5.82 Å². The summed E-state index contributed by atoms with van der Waals surface area (Å²) in [7, 11) is 0.186. The topological polar surface area (TPSA) is 75.9 Å². The van der Waals surface area contributed by atoms with Crippen LogP contribution in [0, 0.1) is 0 Å². The average Bonchev–Trinajstić information content (AvgIpc) is 3.19. The van der Waals surface area contributed by atoms with Gasteiger partial charge in [0.1, 0.15) is 6.10 Å². The van der Waals surface area contributed by atoms with Crippen LogP contribution in [0.2, 0.25) is 0 Å².